The molecule has 14 heavy (non-hydrogen) atoms. The summed E-state index contributed by atoms with van der Waals surface area (Å²) >= 11 is 0. The molecule has 0 spiro atoms. The third kappa shape index (κ3) is 3.44. The van der Waals surface area contributed by atoms with Gasteiger partial charge in [-0.2, -0.15) is 0 Å². The smallest absolute Gasteiger partial charge is 0.263 e. The molecule has 72 valence electrons. The summed E-state index contributed by atoms with van der Waals surface area (Å²) in [6.45, 7) is 0. The van der Waals surface area contributed by atoms with Crippen LogP contribution in [0.25, 0.3) is 0 Å². The van der Waals surface area contributed by atoms with Gasteiger partial charge in [-0.15, -0.1) is 0 Å². The first-order valence-electron chi connectivity index (χ1n) is 3.77. The summed E-state index contributed by atoms with van der Waals surface area (Å²) in [6.07, 6.45) is 1.37. The van der Waals surface area contributed by atoms with Gasteiger partial charge in [-0.05, 0) is 5.56 Å². The van der Waals surface area contributed by atoms with Crippen LogP contribution in [0.2, 0.25) is 0 Å². The molecule has 0 atom stereocenters. The second kappa shape index (κ2) is 4.70. The van der Waals surface area contributed by atoms with E-state index in [1.165, 1.54) is 6.21 Å². The first-order valence-corrected chi connectivity index (χ1v) is 3.77. The maximum Gasteiger partial charge on any atom is 0.277 e. The molecular weight excluding hydrogens is 184 g/mol. The number of hydrogen-bond acceptors (Lipinski definition) is 3. The van der Waals surface area contributed by atoms with Crippen LogP contribution in [-0.4, -0.2) is 17.2 Å². The van der Waals surface area contributed by atoms with Crippen molar-refractivity contribution in [1.29, 1.82) is 5.41 Å². The fourth-order valence-corrected chi connectivity index (χ4v) is 0.794. The second-order valence-electron chi connectivity index (χ2n) is 2.39. The molecule has 0 unspecified atom stereocenters. The van der Waals surface area contributed by atoms with Gasteiger partial charge in [0.25, 0.3) is 5.96 Å². The number of benzene rings is 1. The molecule has 1 rings (SSSR count). The Bertz CT molecular complexity index is 361. The molecule has 0 aromatic heterocycles. The van der Waals surface area contributed by atoms with Crippen molar-refractivity contribution in [2.75, 3.05) is 0 Å². The summed E-state index contributed by atoms with van der Waals surface area (Å²) in [5, 5.41) is 16.1. The van der Waals surface area contributed by atoms with Gasteiger partial charge in [-0.1, -0.05) is 35.8 Å². The van der Waals surface area contributed by atoms with Crippen molar-refractivity contribution in [3.63, 3.8) is 0 Å². The zero-order chi connectivity index (χ0) is 10.4. The average molecular weight is 192 g/mol. The molecule has 0 fully saturated rings. The lowest BCUT2D eigenvalue weighted by Gasteiger charge is -1.92. The van der Waals surface area contributed by atoms with Crippen molar-refractivity contribution < 1.29 is 5.03 Å². The first-order chi connectivity index (χ1) is 6.68. The van der Waals surface area contributed by atoms with E-state index in [9.17, 15) is 10.1 Å². The van der Waals surface area contributed by atoms with Gasteiger partial charge in [0.1, 0.15) is 0 Å². The fraction of sp³-hybridized carbons (Fsp3) is 0. The van der Waals surface area contributed by atoms with E-state index in [4.69, 9.17) is 5.41 Å². The molecule has 0 saturated heterocycles. The maximum absolute atomic E-state index is 9.90. The van der Waals surface area contributed by atoms with Gasteiger partial charge in [0, 0.05) is 6.21 Å². The Kier molecular flexibility index (Phi) is 3.31. The predicted molar refractivity (Wildman–Crippen MR) is 51.9 cm³/mol. The summed E-state index contributed by atoms with van der Waals surface area (Å²) in [7, 11) is 0. The van der Waals surface area contributed by atoms with Crippen LogP contribution in [0.15, 0.2) is 35.3 Å². The highest BCUT2D eigenvalue weighted by Gasteiger charge is 1.97. The van der Waals surface area contributed by atoms with Crippen LogP contribution in [0, 0.1) is 15.5 Å². The Labute approximate surface area is 79.9 Å². The van der Waals surface area contributed by atoms with E-state index in [-0.39, 0.29) is 0 Å². The molecule has 0 heterocycles. The van der Waals surface area contributed by atoms with E-state index >= 15 is 0 Å². The van der Waals surface area contributed by atoms with Gasteiger partial charge in [-0.3, -0.25) is 5.41 Å². The zero-order valence-corrected chi connectivity index (χ0v) is 7.18. The number of rotatable bonds is 2. The topological polar surface area (TPSA) is 91.4 Å². The average Bonchev–Trinajstić information content (AvgIpc) is 2.15. The van der Waals surface area contributed by atoms with Crippen molar-refractivity contribution in [2.24, 2.45) is 4.99 Å². The molecule has 0 aliphatic heterocycles. The normalized spacial score (nSPS) is 10.0. The molecular formula is C8H8N4O2. The minimum absolute atomic E-state index is 0.501. The fourth-order valence-electron chi connectivity index (χ4n) is 0.794. The number of aliphatic imine (C=N–C) groups is 1. The molecule has 0 saturated carbocycles. The number of hydrazine groups is 1. The SMILES string of the molecule is N=C(/N=C/c1ccccc1)N[N+](=O)[O-]. The van der Waals surface area contributed by atoms with Crippen LogP contribution < -0.4 is 5.43 Å². The Balaban J connectivity index is 2.56. The number of nitrogens with one attached hydrogen (secondary N) is 2. The minimum Gasteiger partial charge on any atom is -0.263 e. The maximum atomic E-state index is 9.90. The number of guanidine groups is 1. The van der Waals surface area contributed by atoms with Crippen molar-refractivity contribution in [3.8, 4) is 0 Å². The van der Waals surface area contributed by atoms with Crippen LogP contribution in [0.4, 0.5) is 0 Å². The first kappa shape index (κ1) is 9.85. The molecule has 0 aliphatic rings. The van der Waals surface area contributed by atoms with Gasteiger partial charge in [0.15, 0.2) is 5.03 Å². The van der Waals surface area contributed by atoms with Crippen molar-refractivity contribution in [2.45, 2.75) is 0 Å². The summed E-state index contributed by atoms with van der Waals surface area (Å²) in [4.78, 5) is 13.4. The molecule has 0 radical (unpaired) electrons. The molecule has 6 nitrogen and oxygen atoms in total. The van der Waals surface area contributed by atoms with Crippen molar-refractivity contribution >= 4 is 12.2 Å². The minimum atomic E-state index is -0.829. The zero-order valence-electron chi connectivity index (χ0n) is 7.18. The Morgan fingerprint density at radius 3 is 2.71 bits per heavy atom. The van der Waals surface area contributed by atoms with Crippen molar-refractivity contribution in [3.05, 3.63) is 46.0 Å². The molecule has 0 aliphatic carbocycles. The summed E-state index contributed by atoms with van der Waals surface area (Å²) in [6, 6.07) is 9.03. The van der Waals surface area contributed by atoms with E-state index in [2.05, 4.69) is 4.99 Å². The highest BCUT2D eigenvalue weighted by Crippen LogP contribution is 1.93. The van der Waals surface area contributed by atoms with Crippen LogP contribution in [0.5, 0.6) is 0 Å². The van der Waals surface area contributed by atoms with E-state index < -0.39 is 11.0 Å². The van der Waals surface area contributed by atoms with E-state index in [0.717, 1.165) is 5.56 Å². The van der Waals surface area contributed by atoms with Crippen LogP contribution in [0.3, 0.4) is 0 Å². The van der Waals surface area contributed by atoms with Gasteiger partial charge < -0.3 is 0 Å². The second-order valence-corrected chi connectivity index (χ2v) is 2.39. The van der Waals surface area contributed by atoms with Crippen LogP contribution in [0.1, 0.15) is 5.56 Å². The predicted octanol–water partition coefficient (Wildman–Crippen LogP) is 0.822. The molecule has 1 aromatic carbocycles. The third-order valence-electron chi connectivity index (χ3n) is 1.34. The Hall–Kier alpha value is -2.24. The number of nitro groups is 1. The number of nitrogens with zero attached hydrogens (tertiary/aromatic N) is 2. The third-order valence-corrected chi connectivity index (χ3v) is 1.34. The van der Waals surface area contributed by atoms with E-state index in [1.807, 2.05) is 18.2 Å². The Morgan fingerprint density at radius 2 is 2.14 bits per heavy atom. The lowest BCUT2D eigenvalue weighted by Crippen LogP contribution is -2.26. The quantitative estimate of drug-likeness (QED) is 0.314. The molecule has 1 aromatic rings. The Morgan fingerprint density at radius 1 is 1.50 bits per heavy atom. The molecule has 0 amide bonds. The highest BCUT2D eigenvalue weighted by molar-refractivity contribution is 5.91. The molecule has 2 N–H and O–H groups in total. The van der Waals surface area contributed by atoms with Crippen LogP contribution in [-0.2, 0) is 0 Å². The highest BCUT2D eigenvalue weighted by atomic mass is 16.7. The lowest BCUT2D eigenvalue weighted by atomic mass is 10.2. The lowest BCUT2D eigenvalue weighted by molar-refractivity contribution is -0.525. The molecule has 0 bridgehead atoms. The standard InChI is InChI=1S/C8H8N4O2/c9-8(11-12(13)14)10-6-7-4-2-1-3-5-7/h1-6H,(H2,9,11)/b10-6+. The summed E-state index contributed by atoms with van der Waals surface area (Å²) in [5.41, 5.74) is 2.40. The van der Waals surface area contributed by atoms with Crippen LogP contribution >= 0.6 is 0 Å². The van der Waals surface area contributed by atoms with E-state index in [1.54, 1.807) is 17.6 Å². The van der Waals surface area contributed by atoms with Gasteiger partial charge >= 0.3 is 0 Å². The summed E-state index contributed by atoms with van der Waals surface area (Å²) in [5.74, 6) is -0.501. The van der Waals surface area contributed by atoms with E-state index in [0.29, 0.717) is 0 Å². The molecule has 6 heteroatoms. The van der Waals surface area contributed by atoms with Gasteiger partial charge in [-0.25, -0.2) is 15.1 Å². The van der Waals surface area contributed by atoms with Gasteiger partial charge in [0.2, 0.25) is 0 Å². The summed E-state index contributed by atoms with van der Waals surface area (Å²) < 4.78 is 0. The van der Waals surface area contributed by atoms with Gasteiger partial charge in [0.05, 0.1) is 0 Å². The monoisotopic (exact) mass is 192 g/mol. The van der Waals surface area contributed by atoms with Crippen molar-refractivity contribution in [1.82, 2.24) is 5.43 Å². The number of hydrogen-bond donors (Lipinski definition) is 2. The largest absolute Gasteiger partial charge is 0.277 e.